The first-order valence-electron chi connectivity index (χ1n) is 7.44. The number of hydrogen-bond donors (Lipinski definition) is 2. The van der Waals surface area contributed by atoms with E-state index in [1.165, 1.54) is 29.6 Å². The number of hydrogen-bond acceptors (Lipinski definition) is 4. The van der Waals surface area contributed by atoms with Gasteiger partial charge in [0.05, 0.1) is 11.8 Å². The standard InChI is InChI=1S/C17H19N3O2/c21-16-9-15(10-18-11-16)17(22)19-6-8-20-7-5-13-3-1-2-4-14(13)12-20/h1-4,9-11,21H,5-8,12H2,(H,19,22). The number of aromatic nitrogens is 1. The molecule has 2 aromatic rings. The van der Waals surface area contributed by atoms with Crippen molar-refractivity contribution in [3.8, 4) is 5.75 Å². The van der Waals surface area contributed by atoms with Crippen LogP contribution in [0, 0.1) is 0 Å². The largest absolute Gasteiger partial charge is 0.506 e. The second-order valence-electron chi connectivity index (χ2n) is 5.48. The Morgan fingerprint density at radius 2 is 2.09 bits per heavy atom. The summed E-state index contributed by atoms with van der Waals surface area (Å²) in [5.41, 5.74) is 3.18. The monoisotopic (exact) mass is 297 g/mol. The number of nitrogens with one attached hydrogen (secondary N) is 1. The molecule has 0 unspecified atom stereocenters. The van der Waals surface area contributed by atoms with Crippen LogP contribution >= 0.6 is 0 Å². The van der Waals surface area contributed by atoms with Crippen LogP contribution in [0.15, 0.2) is 42.7 Å². The Hall–Kier alpha value is -2.40. The van der Waals surface area contributed by atoms with Gasteiger partial charge in [0.15, 0.2) is 0 Å². The molecule has 0 radical (unpaired) electrons. The Morgan fingerprint density at radius 3 is 2.91 bits per heavy atom. The van der Waals surface area contributed by atoms with Gasteiger partial charge < -0.3 is 10.4 Å². The van der Waals surface area contributed by atoms with Gasteiger partial charge in [0.25, 0.3) is 5.91 Å². The molecule has 114 valence electrons. The molecule has 0 spiro atoms. The van der Waals surface area contributed by atoms with Gasteiger partial charge in [0.1, 0.15) is 5.75 Å². The summed E-state index contributed by atoms with van der Waals surface area (Å²) in [4.78, 5) is 18.1. The highest BCUT2D eigenvalue weighted by atomic mass is 16.3. The van der Waals surface area contributed by atoms with Crippen LogP contribution in [0.3, 0.4) is 0 Å². The highest BCUT2D eigenvalue weighted by Gasteiger charge is 2.15. The molecule has 3 rings (SSSR count). The predicted molar refractivity (Wildman–Crippen MR) is 83.7 cm³/mol. The summed E-state index contributed by atoms with van der Waals surface area (Å²) in [6, 6.07) is 9.91. The van der Waals surface area contributed by atoms with Gasteiger partial charge >= 0.3 is 0 Å². The molecule has 1 aromatic carbocycles. The number of rotatable bonds is 4. The van der Waals surface area contributed by atoms with Gasteiger partial charge in [-0.25, -0.2) is 0 Å². The highest BCUT2D eigenvalue weighted by molar-refractivity contribution is 5.94. The van der Waals surface area contributed by atoms with E-state index >= 15 is 0 Å². The van der Waals surface area contributed by atoms with Gasteiger partial charge in [-0.1, -0.05) is 24.3 Å². The Bertz CT molecular complexity index is 672. The Kier molecular flexibility index (Phi) is 4.34. The van der Waals surface area contributed by atoms with Crippen LogP contribution in [-0.4, -0.2) is 40.5 Å². The molecular formula is C17H19N3O2. The molecule has 2 heterocycles. The molecule has 0 aliphatic carbocycles. The van der Waals surface area contributed by atoms with E-state index in [2.05, 4.69) is 39.5 Å². The third-order valence-corrected chi connectivity index (χ3v) is 3.91. The van der Waals surface area contributed by atoms with Gasteiger partial charge in [-0.3, -0.25) is 14.7 Å². The molecule has 5 heteroatoms. The lowest BCUT2D eigenvalue weighted by Crippen LogP contribution is -2.37. The first kappa shape index (κ1) is 14.5. The second-order valence-corrected chi connectivity index (χ2v) is 5.48. The maximum Gasteiger partial charge on any atom is 0.253 e. The lowest BCUT2D eigenvalue weighted by molar-refractivity contribution is 0.0946. The smallest absolute Gasteiger partial charge is 0.253 e. The van der Waals surface area contributed by atoms with Gasteiger partial charge in [-0.15, -0.1) is 0 Å². The number of pyridine rings is 1. The lowest BCUT2D eigenvalue weighted by atomic mass is 10.00. The highest BCUT2D eigenvalue weighted by Crippen LogP contribution is 2.17. The number of amides is 1. The summed E-state index contributed by atoms with van der Waals surface area (Å²) in [5, 5.41) is 12.2. The first-order valence-corrected chi connectivity index (χ1v) is 7.44. The van der Waals surface area contributed by atoms with Crippen molar-refractivity contribution in [2.75, 3.05) is 19.6 Å². The summed E-state index contributed by atoms with van der Waals surface area (Å²) in [6.45, 7) is 3.34. The number of carbonyl (C=O) groups is 1. The molecule has 2 N–H and O–H groups in total. The van der Waals surface area contributed by atoms with Crippen LogP contribution in [0.1, 0.15) is 21.5 Å². The number of nitrogens with zero attached hydrogens (tertiary/aromatic N) is 2. The van der Waals surface area contributed by atoms with Crippen LogP contribution in [0.5, 0.6) is 5.75 Å². The minimum Gasteiger partial charge on any atom is -0.506 e. The average Bonchev–Trinajstić information content (AvgIpc) is 2.54. The minimum absolute atomic E-state index is 0.000266. The first-order chi connectivity index (χ1) is 10.7. The van der Waals surface area contributed by atoms with Crippen molar-refractivity contribution in [1.82, 2.24) is 15.2 Å². The van der Waals surface area contributed by atoms with Crippen molar-refractivity contribution < 1.29 is 9.90 Å². The molecule has 1 aliphatic rings. The zero-order valence-electron chi connectivity index (χ0n) is 12.3. The molecule has 0 bridgehead atoms. The summed E-state index contributed by atoms with van der Waals surface area (Å²) in [6.07, 6.45) is 3.81. The summed E-state index contributed by atoms with van der Waals surface area (Å²) >= 11 is 0. The third-order valence-electron chi connectivity index (χ3n) is 3.91. The lowest BCUT2D eigenvalue weighted by Gasteiger charge is -2.28. The second kappa shape index (κ2) is 6.58. The van der Waals surface area contributed by atoms with E-state index in [1.54, 1.807) is 0 Å². The Balaban J connectivity index is 1.49. The Morgan fingerprint density at radius 1 is 1.27 bits per heavy atom. The number of fused-ring (bicyclic) bond motifs is 1. The number of aromatic hydroxyl groups is 1. The quantitative estimate of drug-likeness (QED) is 0.899. The van der Waals surface area contributed by atoms with E-state index < -0.39 is 0 Å². The zero-order valence-corrected chi connectivity index (χ0v) is 12.3. The molecule has 1 aromatic heterocycles. The SMILES string of the molecule is O=C(NCCN1CCc2ccccc2C1)c1cncc(O)c1. The van der Waals surface area contributed by atoms with E-state index in [1.807, 2.05) is 0 Å². The molecule has 22 heavy (non-hydrogen) atoms. The average molecular weight is 297 g/mol. The normalized spacial score (nSPS) is 14.4. The zero-order chi connectivity index (χ0) is 15.4. The van der Waals surface area contributed by atoms with Crippen molar-refractivity contribution in [3.63, 3.8) is 0 Å². The Labute approximate surface area is 129 Å². The number of benzene rings is 1. The molecule has 5 nitrogen and oxygen atoms in total. The van der Waals surface area contributed by atoms with Gasteiger partial charge in [-0.05, 0) is 23.6 Å². The molecule has 0 fully saturated rings. The van der Waals surface area contributed by atoms with E-state index in [9.17, 15) is 9.90 Å². The molecular weight excluding hydrogens is 278 g/mol. The van der Waals surface area contributed by atoms with Gasteiger partial charge in [0.2, 0.25) is 0 Å². The molecule has 0 saturated heterocycles. The maximum atomic E-state index is 12.0. The van der Waals surface area contributed by atoms with Crippen molar-refractivity contribution in [3.05, 3.63) is 59.4 Å². The van der Waals surface area contributed by atoms with Crippen LogP contribution in [0.25, 0.3) is 0 Å². The fourth-order valence-corrected chi connectivity index (χ4v) is 2.73. The van der Waals surface area contributed by atoms with Crippen molar-refractivity contribution >= 4 is 5.91 Å². The van der Waals surface area contributed by atoms with Crippen LogP contribution in [-0.2, 0) is 13.0 Å². The van der Waals surface area contributed by atoms with Crippen LogP contribution < -0.4 is 5.32 Å². The molecule has 1 aliphatic heterocycles. The van der Waals surface area contributed by atoms with E-state index in [0.717, 1.165) is 26.1 Å². The van der Waals surface area contributed by atoms with Crippen LogP contribution in [0.2, 0.25) is 0 Å². The summed E-state index contributed by atoms with van der Waals surface area (Å²) < 4.78 is 0. The topological polar surface area (TPSA) is 65.5 Å². The van der Waals surface area contributed by atoms with Gasteiger partial charge in [-0.2, -0.15) is 0 Å². The van der Waals surface area contributed by atoms with E-state index in [4.69, 9.17) is 0 Å². The van der Waals surface area contributed by atoms with Gasteiger partial charge in [0, 0.05) is 32.4 Å². The third kappa shape index (κ3) is 3.43. The predicted octanol–water partition coefficient (Wildman–Crippen LogP) is 1.58. The van der Waals surface area contributed by atoms with Crippen LogP contribution in [0.4, 0.5) is 0 Å². The van der Waals surface area contributed by atoms with Crippen molar-refractivity contribution in [2.45, 2.75) is 13.0 Å². The van der Waals surface area contributed by atoms with E-state index in [-0.39, 0.29) is 11.7 Å². The number of carbonyl (C=O) groups excluding carboxylic acids is 1. The van der Waals surface area contributed by atoms with Crippen molar-refractivity contribution in [2.24, 2.45) is 0 Å². The molecule has 1 amide bonds. The fourth-order valence-electron chi connectivity index (χ4n) is 2.73. The molecule has 0 saturated carbocycles. The van der Waals surface area contributed by atoms with E-state index in [0.29, 0.717) is 12.1 Å². The fraction of sp³-hybridized carbons (Fsp3) is 0.294. The minimum atomic E-state index is -0.208. The summed E-state index contributed by atoms with van der Waals surface area (Å²) in [7, 11) is 0. The molecule has 0 atom stereocenters. The summed E-state index contributed by atoms with van der Waals surface area (Å²) in [5.74, 6) is -0.207. The van der Waals surface area contributed by atoms with Crippen molar-refractivity contribution in [1.29, 1.82) is 0 Å². The maximum absolute atomic E-state index is 12.0.